The van der Waals surface area contributed by atoms with Gasteiger partial charge < -0.3 is 15.1 Å². The van der Waals surface area contributed by atoms with Crippen LogP contribution in [0.15, 0.2) is 42.5 Å². The second-order valence-electron chi connectivity index (χ2n) is 13.4. The minimum absolute atomic E-state index is 0.132. The Kier molecular flexibility index (Phi) is 8.82. The fourth-order valence-electron chi connectivity index (χ4n) is 6.32. The van der Waals surface area contributed by atoms with E-state index in [-0.39, 0.29) is 28.3 Å². The number of carbonyl (C=O) groups excluding carboxylic acids is 1. The number of aryl methyl sites for hydroxylation is 1. The van der Waals surface area contributed by atoms with Gasteiger partial charge in [-0.25, -0.2) is 0 Å². The second kappa shape index (κ2) is 11.7. The summed E-state index contributed by atoms with van der Waals surface area (Å²) in [6.45, 7) is 12.8. The molecule has 0 atom stereocenters. The van der Waals surface area contributed by atoms with Crippen molar-refractivity contribution in [1.82, 2.24) is 4.90 Å². The minimum Gasteiger partial charge on any atom is -0.382 e. The fraction of sp³-hybridized carbons (Fsp3) is 0.606. The van der Waals surface area contributed by atoms with Gasteiger partial charge in [0, 0.05) is 49.5 Å². The molecule has 0 aromatic heterocycles. The first-order valence-electron chi connectivity index (χ1n) is 14.7. The Morgan fingerprint density at radius 1 is 1.00 bits per heavy atom. The molecule has 7 heteroatoms. The molecule has 2 aromatic rings. The Balaban J connectivity index is 1.25. The topological polar surface area (TPSA) is 35.6 Å². The van der Waals surface area contributed by atoms with E-state index in [1.807, 2.05) is 11.9 Å². The van der Waals surface area contributed by atoms with E-state index in [1.54, 1.807) is 6.07 Å². The van der Waals surface area contributed by atoms with Gasteiger partial charge in [0.2, 0.25) is 5.91 Å². The van der Waals surface area contributed by atoms with Crippen LogP contribution in [0.4, 0.5) is 24.5 Å². The van der Waals surface area contributed by atoms with Crippen LogP contribution in [0.5, 0.6) is 0 Å². The highest BCUT2D eigenvalue weighted by Crippen LogP contribution is 2.37. The molecule has 4 rings (SSSR count). The number of piperidine rings is 1. The number of alkyl halides is 3. The Labute approximate surface area is 238 Å². The Bertz CT molecular complexity index is 1150. The van der Waals surface area contributed by atoms with Crippen molar-refractivity contribution in [1.29, 1.82) is 0 Å². The number of benzene rings is 2. The van der Waals surface area contributed by atoms with Crippen molar-refractivity contribution in [2.45, 2.75) is 90.8 Å². The summed E-state index contributed by atoms with van der Waals surface area (Å²) in [7, 11) is 1.93. The van der Waals surface area contributed by atoms with Crippen molar-refractivity contribution in [2.75, 3.05) is 36.9 Å². The first kappa shape index (κ1) is 30.3. The third-order valence-electron chi connectivity index (χ3n) is 9.12. The van der Waals surface area contributed by atoms with Crippen molar-refractivity contribution in [3.63, 3.8) is 0 Å². The molecule has 0 bridgehead atoms. The van der Waals surface area contributed by atoms with E-state index in [0.717, 1.165) is 58.2 Å². The van der Waals surface area contributed by atoms with Crippen LogP contribution in [0.25, 0.3) is 0 Å². The molecule has 1 N–H and O–H groups in total. The first-order valence-corrected chi connectivity index (χ1v) is 14.7. The Hall–Kier alpha value is -2.70. The molecule has 1 saturated heterocycles. The molecule has 2 aliphatic rings. The van der Waals surface area contributed by atoms with Crippen LogP contribution in [0, 0.1) is 18.3 Å². The van der Waals surface area contributed by atoms with Crippen LogP contribution < -0.4 is 10.2 Å². The summed E-state index contributed by atoms with van der Waals surface area (Å²) in [6.07, 6.45) is 1.03. The lowest BCUT2D eigenvalue weighted by Crippen LogP contribution is -2.49. The maximum atomic E-state index is 13.5. The number of rotatable bonds is 6. The third kappa shape index (κ3) is 7.13. The number of halogens is 3. The molecule has 2 fully saturated rings. The number of carbonyl (C=O) groups is 1. The van der Waals surface area contributed by atoms with Crippen molar-refractivity contribution < 1.29 is 18.0 Å². The summed E-state index contributed by atoms with van der Waals surface area (Å²) >= 11 is 0. The third-order valence-corrected chi connectivity index (χ3v) is 9.12. The van der Waals surface area contributed by atoms with Gasteiger partial charge in [0.05, 0.1) is 5.56 Å². The zero-order chi connectivity index (χ0) is 29.3. The lowest BCUT2D eigenvalue weighted by atomic mass is 9.78. The fourth-order valence-corrected chi connectivity index (χ4v) is 6.32. The van der Waals surface area contributed by atoms with Crippen LogP contribution in [0.1, 0.15) is 82.9 Å². The smallest absolute Gasteiger partial charge is 0.382 e. The summed E-state index contributed by atoms with van der Waals surface area (Å²) in [4.78, 5) is 17.9. The molecule has 0 unspecified atom stereocenters. The van der Waals surface area contributed by atoms with E-state index in [9.17, 15) is 18.0 Å². The van der Waals surface area contributed by atoms with Gasteiger partial charge in [-0.1, -0.05) is 45.9 Å². The number of nitrogens with zero attached hydrogens (tertiary/aromatic N) is 2. The number of amides is 1. The zero-order valence-corrected chi connectivity index (χ0v) is 25.0. The Morgan fingerprint density at radius 2 is 1.60 bits per heavy atom. The van der Waals surface area contributed by atoms with E-state index in [2.05, 4.69) is 62.2 Å². The van der Waals surface area contributed by atoms with Gasteiger partial charge in [-0.05, 0) is 92.2 Å². The number of nitrogens with one attached hydrogen (secondary N) is 1. The predicted octanol–water partition coefficient (Wildman–Crippen LogP) is 8.05. The maximum absolute atomic E-state index is 13.5. The predicted molar refractivity (Wildman–Crippen MR) is 158 cm³/mol. The molecular weight excluding hydrogens is 511 g/mol. The molecule has 1 amide bonds. The highest BCUT2D eigenvalue weighted by Gasteiger charge is 2.39. The van der Waals surface area contributed by atoms with Gasteiger partial charge in [0.15, 0.2) is 0 Å². The molecule has 1 aliphatic heterocycles. The molecular formula is C33H46F3N3O. The first-order chi connectivity index (χ1) is 18.7. The van der Waals surface area contributed by atoms with Gasteiger partial charge in [0.1, 0.15) is 0 Å². The molecule has 0 radical (unpaired) electrons. The highest BCUT2D eigenvalue weighted by atomic mass is 19.4. The molecule has 2 aromatic carbocycles. The summed E-state index contributed by atoms with van der Waals surface area (Å²) < 4.78 is 39.9. The molecule has 40 heavy (non-hydrogen) atoms. The number of hydrogen-bond donors (Lipinski definition) is 1. The minimum atomic E-state index is -4.35. The lowest BCUT2D eigenvalue weighted by molar-refractivity contribution is -0.142. The highest BCUT2D eigenvalue weighted by molar-refractivity contribution is 5.82. The monoisotopic (exact) mass is 557 g/mol. The molecule has 220 valence electrons. The second-order valence-corrected chi connectivity index (χ2v) is 13.4. The van der Waals surface area contributed by atoms with Crippen LogP contribution >= 0.6 is 0 Å². The van der Waals surface area contributed by atoms with Gasteiger partial charge in [0.25, 0.3) is 0 Å². The van der Waals surface area contributed by atoms with E-state index in [4.69, 9.17) is 0 Å². The van der Waals surface area contributed by atoms with Gasteiger partial charge in [-0.15, -0.1) is 0 Å². The van der Waals surface area contributed by atoms with Gasteiger partial charge in [-0.3, -0.25) is 4.79 Å². The van der Waals surface area contributed by atoms with Crippen LogP contribution in [0.2, 0.25) is 0 Å². The molecule has 4 nitrogen and oxygen atoms in total. The van der Waals surface area contributed by atoms with E-state index in [1.165, 1.54) is 30.3 Å². The van der Waals surface area contributed by atoms with Crippen molar-refractivity contribution in [2.24, 2.45) is 11.3 Å². The largest absolute Gasteiger partial charge is 0.416 e. The number of anilines is 2. The lowest BCUT2D eigenvalue weighted by Gasteiger charge is -2.42. The summed E-state index contributed by atoms with van der Waals surface area (Å²) in [5, 5.41) is 3.32. The van der Waals surface area contributed by atoms with Gasteiger partial charge in [-0.2, -0.15) is 13.2 Å². The van der Waals surface area contributed by atoms with Gasteiger partial charge >= 0.3 is 6.18 Å². The molecule has 0 spiro atoms. The molecule has 1 aliphatic carbocycles. The van der Waals surface area contributed by atoms with E-state index >= 15 is 0 Å². The average Bonchev–Trinajstić information content (AvgIpc) is 2.90. The normalized spacial score (nSPS) is 21.7. The zero-order valence-electron chi connectivity index (χ0n) is 25.0. The summed E-state index contributed by atoms with van der Waals surface area (Å²) in [6, 6.07) is 13.5. The summed E-state index contributed by atoms with van der Waals surface area (Å²) in [5.74, 6) is 0.649. The van der Waals surface area contributed by atoms with Crippen LogP contribution in [0.3, 0.4) is 0 Å². The quantitative estimate of drug-likeness (QED) is 0.390. The van der Waals surface area contributed by atoms with Crippen LogP contribution in [-0.2, 0) is 16.4 Å². The van der Waals surface area contributed by atoms with Crippen molar-refractivity contribution in [3.8, 4) is 0 Å². The molecule has 1 saturated carbocycles. The number of hydrogen-bond acceptors (Lipinski definition) is 3. The van der Waals surface area contributed by atoms with Crippen molar-refractivity contribution in [3.05, 3.63) is 59.2 Å². The Morgan fingerprint density at radius 3 is 2.15 bits per heavy atom. The maximum Gasteiger partial charge on any atom is 0.416 e. The van der Waals surface area contributed by atoms with Crippen molar-refractivity contribution >= 4 is 17.3 Å². The SMILES string of the molecule is Cc1ccc(NC2CCC(CN(C)C(=O)C3(C)CCN(c4ccc(C(C)(C)C)cc4)CC3)CC2)cc1C(F)(F)F. The van der Waals surface area contributed by atoms with E-state index in [0.29, 0.717) is 11.6 Å². The molecule has 1 heterocycles. The van der Waals surface area contributed by atoms with Crippen LogP contribution in [-0.4, -0.2) is 43.5 Å². The summed E-state index contributed by atoms with van der Waals surface area (Å²) in [5.41, 5.74) is 2.52. The average molecular weight is 558 g/mol. The standard InChI is InChI=1S/C33H46F3N3O/c1-23-7-12-27(21-29(23)33(34,35)36)37-26-13-8-24(9-14-26)22-38(6)30(40)32(5)17-19-39(20-18-32)28-15-10-25(11-16-28)31(2,3)4/h7,10-12,15-16,21,24,26,37H,8-9,13-14,17-20,22H2,1-6H3. The van der Waals surface area contributed by atoms with E-state index < -0.39 is 11.7 Å².